The van der Waals surface area contributed by atoms with E-state index in [-0.39, 0.29) is 24.8 Å². The fourth-order valence-electron chi connectivity index (χ4n) is 3.84. The smallest absolute Gasteiger partial charge is 0.414 e. The fraction of sp³-hybridized carbons (Fsp3) is 0.600. The molecule has 3 heterocycles. The van der Waals surface area contributed by atoms with Crippen molar-refractivity contribution in [2.24, 2.45) is 0 Å². The van der Waals surface area contributed by atoms with Crippen molar-refractivity contribution in [2.75, 3.05) is 32.9 Å². The first-order chi connectivity index (χ1) is 15.8. The number of likely N-dealkylation sites (tertiary alicyclic amines) is 1. The van der Waals surface area contributed by atoms with Crippen LogP contribution in [0.1, 0.15) is 25.8 Å². The summed E-state index contributed by atoms with van der Waals surface area (Å²) >= 11 is 0. The molecule has 0 aliphatic carbocycles. The predicted octanol–water partition coefficient (Wildman–Crippen LogP) is 2.21. The first-order valence-corrected chi connectivity index (χ1v) is 10.6. The fourth-order valence-corrected chi connectivity index (χ4v) is 3.84. The lowest BCUT2D eigenvalue weighted by Gasteiger charge is -2.35. The SMILES string of the molecule is CC(/C(F)=C\C(=C/CF)N1C[C@H](CNC(=O)C(F)F)OC1=O)N1CCC(n2ccnn2)CC1. The summed E-state index contributed by atoms with van der Waals surface area (Å²) in [5, 5.41) is 9.77. The lowest BCUT2D eigenvalue weighted by Crippen LogP contribution is -2.41. The van der Waals surface area contributed by atoms with Crippen molar-refractivity contribution in [3.8, 4) is 0 Å². The van der Waals surface area contributed by atoms with Crippen molar-refractivity contribution in [3.63, 3.8) is 0 Å². The summed E-state index contributed by atoms with van der Waals surface area (Å²) in [4.78, 5) is 26.2. The molecule has 13 heteroatoms. The topological polar surface area (TPSA) is 92.6 Å². The second-order valence-corrected chi connectivity index (χ2v) is 7.80. The molecule has 2 atom stereocenters. The van der Waals surface area contributed by atoms with E-state index < -0.39 is 43.1 Å². The summed E-state index contributed by atoms with van der Waals surface area (Å²) in [6.07, 6.45) is 2.04. The van der Waals surface area contributed by atoms with Crippen LogP contribution < -0.4 is 5.32 Å². The second-order valence-electron chi connectivity index (χ2n) is 7.80. The molecule has 0 saturated carbocycles. The third-order valence-corrected chi connectivity index (χ3v) is 5.72. The van der Waals surface area contributed by atoms with Gasteiger partial charge in [-0.05, 0) is 31.9 Å². The number of piperidine rings is 1. The third kappa shape index (κ3) is 6.30. The van der Waals surface area contributed by atoms with Crippen LogP contribution in [0.25, 0.3) is 0 Å². The number of hydrogen-bond acceptors (Lipinski definition) is 6. The third-order valence-electron chi connectivity index (χ3n) is 5.72. The second kappa shape index (κ2) is 11.3. The summed E-state index contributed by atoms with van der Waals surface area (Å²) in [5.74, 6) is -2.05. The molecule has 1 aromatic rings. The van der Waals surface area contributed by atoms with Crippen LogP contribution in [0.15, 0.2) is 36.1 Å². The van der Waals surface area contributed by atoms with E-state index in [4.69, 9.17) is 4.74 Å². The van der Waals surface area contributed by atoms with Gasteiger partial charge in [-0.25, -0.2) is 18.3 Å². The largest absolute Gasteiger partial charge is 0.442 e. The standard InChI is InChI=1S/C20H26F4N6O3/c1-13(28-7-3-14(4-8-28)30-9-6-26-27-30)17(22)10-15(2-5-21)29-12-16(33-20(29)32)11-25-19(31)18(23)24/h2,6,9-10,13-14,16,18H,3-5,7-8,11-12H2,1H3,(H,25,31)/b15-2+,17-10+/t13?,16-/m0/s1. The van der Waals surface area contributed by atoms with E-state index in [1.165, 1.54) is 0 Å². The van der Waals surface area contributed by atoms with Gasteiger partial charge in [-0.3, -0.25) is 14.6 Å². The van der Waals surface area contributed by atoms with Crippen LogP contribution in [-0.4, -0.2) is 88.2 Å². The summed E-state index contributed by atoms with van der Waals surface area (Å²) in [6, 6.07) is -0.420. The van der Waals surface area contributed by atoms with Gasteiger partial charge in [0.25, 0.3) is 5.91 Å². The number of alkyl halides is 3. The molecule has 0 spiro atoms. The number of halogens is 4. The lowest BCUT2D eigenvalue weighted by molar-refractivity contribution is -0.132. The molecule has 2 fully saturated rings. The molecular weight excluding hydrogens is 448 g/mol. The number of allylic oxidation sites excluding steroid dienone is 2. The molecule has 1 N–H and O–H groups in total. The van der Waals surface area contributed by atoms with Gasteiger partial charge in [0.15, 0.2) is 0 Å². The average molecular weight is 474 g/mol. The van der Waals surface area contributed by atoms with Crippen molar-refractivity contribution in [3.05, 3.63) is 36.1 Å². The normalized spacial score (nSPS) is 22.1. The Morgan fingerprint density at radius 2 is 2.09 bits per heavy atom. The van der Waals surface area contributed by atoms with Gasteiger partial charge >= 0.3 is 12.5 Å². The number of carbonyl (C=O) groups is 2. The van der Waals surface area contributed by atoms with E-state index in [1.54, 1.807) is 24.0 Å². The molecule has 0 bridgehead atoms. The minimum Gasteiger partial charge on any atom is -0.442 e. The Labute approximate surface area is 188 Å². The Balaban J connectivity index is 1.60. The maximum atomic E-state index is 15.1. The summed E-state index contributed by atoms with van der Waals surface area (Å²) in [5.41, 5.74) is -0.0352. The monoisotopic (exact) mass is 474 g/mol. The first kappa shape index (κ1) is 24.7. The number of ether oxygens (including phenoxy) is 1. The van der Waals surface area contributed by atoms with Gasteiger partial charge in [-0.2, -0.15) is 8.78 Å². The molecular formula is C20H26F4N6O3. The van der Waals surface area contributed by atoms with Crippen molar-refractivity contribution in [2.45, 2.75) is 44.4 Å². The average Bonchev–Trinajstić information content (AvgIpc) is 3.46. The Kier molecular flexibility index (Phi) is 8.42. The van der Waals surface area contributed by atoms with Crippen LogP contribution in [0.2, 0.25) is 0 Å². The molecule has 2 aliphatic heterocycles. The summed E-state index contributed by atoms with van der Waals surface area (Å²) in [6.45, 7) is 1.49. The number of carbonyl (C=O) groups excluding carboxylic acids is 2. The highest BCUT2D eigenvalue weighted by atomic mass is 19.3. The maximum absolute atomic E-state index is 15.1. The number of aromatic nitrogens is 3. The van der Waals surface area contributed by atoms with E-state index in [9.17, 15) is 22.8 Å². The van der Waals surface area contributed by atoms with Gasteiger partial charge in [-0.1, -0.05) is 5.21 Å². The van der Waals surface area contributed by atoms with E-state index >= 15 is 4.39 Å². The Morgan fingerprint density at radius 3 is 2.70 bits per heavy atom. The number of amides is 2. The van der Waals surface area contributed by atoms with Gasteiger partial charge in [0.05, 0.1) is 31.4 Å². The number of nitrogens with zero attached hydrogens (tertiary/aromatic N) is 5. The minimum atomic E-state index is -3.19. The van der Waals surface area contributed by atoms with E-state index in [0.717, 1.165) is 29.9 Å². The zero-order valence-electron chi connectivity index (χ0n) is 18.0. The molecule has 1 aromatic heterocycles. The van der Waals surface area contributed by atoms with Crippen LogP contribution >= 0.6 is 0 Å². The highest BCUT2D eigenvalue weighted by Crippen LogP contribution is 2.26. The van der Waals surface area contributed by atoms with E-state index in [1.807, 2.05) is 10.2 Å². The van der Waals surface area contributed by atoms with Crippen LogP contribution in [-0.2, 0) is 9.53 Å². The Bertz CT molecular complexity index is 871. The van der Waals surface area contributed by atoms with Crippen molar-refractivity contribution in [1.82, 2.24) is 30.1 Å². The molecule has 0 aromatic carbocycles. The van der Waals surface area contributed by atoms with Crippen LogP contribution in [0.5, 0.6) is 0 Å². The van der Waals surface area contributed by atoms with E-state index in [2.05, 4.69) is 10.3 Å². The molecule has 2 saturated heterocycles. The van der Waals surface area contributed by atoms with Crippen molar-refractivity contribution in [1.29, 1.82) is 0 Å². The Morgan fingerprint density at radius 1 is 1.36 bits per heavy atom. The van der Waals surface area contributed by atoms with Gasteiger partial charge in [0.1, 0.15) is 18.6 Å². The molecule has 2 amide bonds. The molecule has 3 rings (SSSR count). The molecule has 182 valence electrons. The molecule has 1 unspecified atom stereocenters. The quantitative estimate of drug-likeness (QED) is 0.436. The number of nitrogens with one attached hydrogen (secondary N) is 1. The van der Waals surface area contributed by atoms with Gasteiger partial charge < -0.3 is 10.1 Å². The summed E-state index contributed by atoms with van der Waals surface area (Å²) in [7, 11) is 0. The van der Waals surface area contributed by atoms with Crippen LogP contribution in [0.3, 0.4) is 0 Å². The van der Waals surface area contributed by atoms with E-state index in [0.29, 0.717) is 13.1 Å². The zero-order chi connectivity index (χ0) is 24.0. The predicted molar refractivity (Wildman–Crippen MR) is 109 cm³/mol. The molecule has 2 aliphatic rings. The number of cyclic esters (lactones) is 1. The Hall–Kier alpha value is -2.96. The zero-order valence-corrected chi connectivity index (χ0v) is 18.0. The highest BCUT2D eigenvalue weighted by Gasteiger charge is 2.34. The lowest BCUT2D eigenvalue weighted by atomic mass is 10.0. The highest BCUT2D eigenvalue weighted by molar-refractivity contribution is 5.79. The van der Waals surface area contributed by atoms with Crippen LogP contribution in [0.4, 0.5) is 22.4 Å². The van der Waals surface area contributed by atoms with Gasteiger partial charge in [-0.15, -0.1) is 5.10 Å². The van der Waals surface area contributed by atoms with Crippen LogP contribution in [0, 0.1) is 0 Å². The maximum Gasteiger partial charge on any atom is 0.414 e. The molecule has 0 radical (unpaired) electrons. The van der Waals surface area contributed by atoms with Crippen molar-refractivity contribution >= 4 is 12.0 Å². The number of rotatable bonds is 9. The number of hydrogen-bond donors (Lipinski definition) is 1. The first-order valence-electron chi connectivity index (χ1n) is 10.6. The van der Waals surface area contributed by atoms with Crippen molar-refractivity contribution < 1.29 is 31.9 Å². The summed E-state index contributed by atoms with van der Waals surface area (Å²) < 4.78 is 59.6. The van der Waals surface area contributed by atoms with Gasteiger partial charge in [0, 0.05) is 25.0 Å². The molecule has 9 nitrogen and oxygen atoms in total. The molecule has 33 heavy (non-hydrogen) atoms. The van der Waals surface area contributed by atoms with Gasteiger partial charge in [0.2, 0.25) is 0 Å². The minimum absolute atomic E-state index is 0.0352.